The van der Waals surface area contributed by atoms with Gasteiger partial charge < -0.3 is 14.5 Å². The molecule has 1 aromatic heterocycles. The van der Waals surface area contributed by atoms with Gasteiger partial charge in [-0.3, -0.25) is 9.59 Å². The molecule has 25 heavy (non-hydrogen) atoms. The van der Waals surface area contributed by atoms with Crippen LogP contribution >= 0.6 is 0 Å². The quantitative estimate of drug-likeness (QED) is 0.701. The van der Waals surface area contributed by atoms with Crippen LogP contribution in [0, 0.1) is 13.8 Å². The second-order valence-electron chi connectivity index (χ2n) is 6.04. The summed E-state index contributed by atoms with van der Waals surface area (Å²) in [6.07, 6.45) is 1.31. The average molecular weight is 373 g/mol. The molecule has 1 amide bonds. The molecule has 0 radical (unpaired) electrons. The Kier molecular flexibility index (Phi) is 6.17. The highest BCUT2D eigenvalue weighted by atomic mass is 32.2. The Morgan fingerprint density at radius 2 is 1.72 bits per heavy atom. The number of unbranched alkanes of at least 4 members (excludes halogenated alkanes) is 1. The van der Waals surface area contributed by atoms with Gasteiger partial charge in [-0.2, -0.15) is 4.31 Å². The largest absolute Gasteiger partial charge is 0.481 e. The second-order valence-corrected chi connectivity index (χ2v) is 7.91. The van der Waals surface area contributed by atoms with Gasteiger partial charge in [-0.05, 0) is 26.7 Å². The van der Waals surface area contributed by atoms with Gasteiger partial charge >= 0.3 is 5.97 Å². The summed E-state index contributed by atoms with van der Waals surface area (Å²) in [5, 5.41) is 12.3. The van der Waals surface area contributed by atoms with Crippen LogP contribution in [-0.2, 0) is 19.6 Å². The molecule has 1 aromatic rings. The number of carboxylic acid groups (broad SMARTS) is 1. The Bertz CT molecular complexity index is 715. The molecule has 0 unspecified atom stereocenters. The zero-order chi connectivity index (χ0) is 18.6. The number of aliphatic carboxylic acids is 1. The lowest BCUT2D eigenvalue weighted by Gasteiger charge is -2.34. The van der Waals surface area contributed by atoms with E-state index in [9.17, 15) is 18.0 Å². The summed E-state index contributed by atoms with van der Waals surface area (Å²) in [5.41, 5.74) is 0.328. The highest BCUT2D eigenvalue weighted by Crippen LogP contribution is 2.24. The van der Waals surface area contributed by atoms with Gasteiger partial charge in [-0.25, -0.2) is 8.42 Å². The normalized spacial score (nSPS) is 16.2. The molecular weight excluding hydrogens is 350 g/mol. The monoisotopic (exact) mass is 373 g/mol. The third kappa shape index (κ3) is 4.57. The van der Waals surface area contributed by atoms with Crippen molar-refractivity contribution in [1.82, 2.24) is 14.4 Å². The number of carbonyl (C=O) groups is 2. The van der Waals surface area contributed by atoms with Crippen LogP contribution in [0.5, 0.6) is 0 Å². The van der Waals surface area contributed by atoms with Crippen molar-refractivity contribution in [2.45, 2.75) is 44.4 Å². The number of hydrogen-bond donors (Lipinski definition) is 1. The van der Waals surface area contributed by atoms with Crippen molar-refractivity contribution >= 4 is 21.9 Å². The molecule has 9 nitrogen and oxygen atoms in total. The van der Waals surface area contributed by atoms with Crippen molar-refractivity contribution in [1.29, 1.82) is 0 Å². The maximum Gasteiger partial charge on any atom is 0.303 e. The van der Waals surface area contributed by atoms with Crippen LogP contribution < -0.4 is 0 Å². The number of piperazine rings is 1. The van der Waals surface area contributed by atoms with Gasteiger partial charge in [0.2, 0.25) is 15.9 Å². The minimum Gasteiger partial charge on any atom is -0.481 e. The minimum absolute atomic E-state index is 0.0523. The van der Waals surface area contributed by atoms with E-state index in [1.165, 1.54) is 4.31 Å². The SMILES string of the molecule is Cc1noc(C)c1S(=O)(=O)N1CCN(C(=O)CCCCC(=O)O)CC1. The molecular formula is C15H23N3O6S. The summed E-state index contributed by atoms with van der Waals surface area (Å²) in [6.45, 7) is 4.21. The lowest BCUT2D eigenvalue weighted by Crippen LogP contribution is -2.50. The van der Waals surface area contributed by atoms with E-state index in [2.05, 4.69) is 5.16 Å². The predicted molar refractivity (Wildman–Crippen MR) is 87.4 cm³/mol. The van der Waals surface area contributed by atoms with Gasteiger partial charge in [0.25, 0.3) is 0 Å². The number of sulfonamides is 1. The summed E-state index contributed by atoms with van der Waals surface area (Å²) in [6, 6.07) is 0. The lowest BCUT2D eigenvalue weighted by molar-refractivity contribution is -0.137. The fourth-order valence-electron chi connectivity index (χ4n) is 2.86. The van der Waals surface area contributed by atoms with Crippen LogP contribution in [0.25, 0.3) is 0 Å². The second kappa shape index (κ2) is 7.96. The fourth-order valence-corrected chi connectivity index (χ4v) is 4.57. The third-order valence-electron chi connectivity index (χ3n) is 4.19. The van der Waals surface area contributed by atoms with Crippen molar-refractivity contribution in [3.8, 4) is 0 Å². The molecule has 0 aromatic carbocycles. The van der Waals surface area contributed by atoms with Crippen molar-refractivity contribution in [3.63, 3.8) is 0 Å². The summed E-state index contributed by atoms with van der Waals surface area (Å²) in [7, 11) is -3.69. The summed E-state index contributed by atoms with van der Waals surface area (Å²) >= 11 is 0. The van der Waals surface area contributed by atoms with E-state index < -0.39 is 16.0 Å². The fraction of sp³-hybridized carbons (Fsp3) is 0.667. The van der Waals surface area contributed by atoms with E-state index in [0.29, 0.717) is 31.6 Å². The molecule has 2 heterocycles. The van der Waals surface area contributed by atoms with Crippen molar-refractivity contribution in [2.24, 2.45) is 0 Å². The molecule has 0 bridgehead atoms. The molecule has 2 rings (SSSR count). The molecule has 1 aliphatic heterocycles. The molecule has 1 aliphatic rings. The Labute approximate surface area is 146 Å². The lowest BCUT2D eigenvalue weighted by atomic mass is 10.1. The highest BCUT2D eigenvalue weighted by molar-refractivity contribution is 7.89. The number of carboxylic acids is 1. The minimum atomic E-state index is -3.69. The number of rotatable bonds is 7. The van der Waals surface area contributed by atoms with Gasteiger partial charge in [0.05, 0.1) is 0 Å². The Balaban J connectivity index is 1.89. The topological polar surface area (TPSA) is 121 Å². The summed E-state index contributed by atoms with van der Waals surface area (Å²) < 4.78 is 31.7. The van der Waals surface area contributed by atoms with Crippen LogP contribution in [0.2, 0.25) is 0 Å². The molecule has 0 atom stereocenters. The number of aryl methyl sites for hydroxylation is 2. The van der Waals surface area contributed by atoms with Crippen LogP contribution in [0.3, 0.4) is 0 Å². The standard InChI is InChI=1S/C15H23N3O6S/c1-11-15(12(2)24-16-11)25(22,23)18-9-7-17(8-10-18)13(19)5-3-4-6-14(20)21/h3-10H2,1-2H3,(H,20,21). The first-order valence-electron chi connectivity index (χ1n) is 8.16. The first-order chi connectivity index (χ1) is 11.7. The van der Waals surface area contributed by atoms with E-state index in [1.54, 1.807) is 18.7 Å². The Hall–Kier alpha value is -1.94. The van der Waals surface area contributed by atoms with Gasteiger partial charge in [-0.1, -0.05) is 5.16 Å². The summed E-state index contributed by atoms with van der Waals surface area (Å²) in [5.74, 6) is -0.681. The predicted octanol–water partition coefficient (Wildman–Crippen LogP) is 0.769. The molecule has 10 heteroatoms. The Morgan fingerprint density at radius 3 is 2.24 bits per heavy atom. The Morgan fingerprint density at radius 1 is 1.12 bits per heavy atom. The smallest absolute Gasteiger partial charge is 0.303 e. The zero-order valence-electron chi connectivity index (χ0n) is 14.4. The van der Waals surface area contributed by atoms with E-state index in [-0.39, 0.29) is 42.5 Å². The molecule has 0 saturated carbocycles. The summed E-state index contributed by atoms with van der Waals surface area (Å²) in [4.78, 5) is 24.3. The van der Waals surface area contributed by atoms with E-state index in [0.717, 1.165) is 0 Å². The van der Waals surface area contributed by atoms with E-state index in [1.807, 2.05) is 0 Å². The highest BCUT2D eigenvalue weighted by Gasteiger charge is 2.34. The van der Waals surface area contributed by atoms with Crippen molar-refractivity contribution < 1.29 is 27.6 Å². The molecule has 1 saturated heterocycles. The van der Waals surface area contributed by atoms with Crippen molar-refractivity contribution in [2.75, 3.05) is 26.2 Å². The molecule has 140 valence electrons. The van der Waals surface area contributed by atoms with Crippen LogP contribution in [0.4, 0.5) is 0 Å². The van der Waals surface area contributed by atoms with E-state index in [4.69, 9.17) is 9.63 Å². The zero-order valence-corrected chi connectivity index (χ0v) is 15.2. The van der Waals surface area contributed by atoms with Gasteiger partial charge in [-0.15, -0.1) is 0 Å². The third-order valence-corrected chi connectivity index (χ3v) is 6.33. The van der Waals surface area contributed by atoms with Gasteiger partial charge in [0.15, 0.2) is 5.76 Å². The van der Waals surface area contributed by atoms with Crippen molar-refractivity contribution in [3.05, 3.63) is 11.5 Å². The number of aromatic nitrogens is 1. The molecule has 1 fully saturated rings. The van der Waals surface area contributed by atoms with Gasteiger partial charge in [0.1, 0.15) is 10.6 Å². The maximum absolute atomic E-state index is 12.7. The molecule has 1 N–H and O–H groups in total. The number of hydrogen-bond acceptors (Lipinski definition) is 6. The maximum atomic E-state index is 12.7. The first-order valence-corrected chi connectivity index (χ1v) is 9.60. The van der Waals surface area contributed by atoms with Crippen LogP contribution in [-0.4, -0.2) is 65.9 Å². The van der Waals surface area contributed by atoms with Gasteiger partial charge in [0, 0.05) is 39.0 Å². The van der Waals surface area contributed by atoms with Crippen LogP contribution in [0.1, 0.15) is 37.1 Å². The van der Waals surface area contributed by atoms with E-state index >= 15 is 0 Å². The number of amides is 1. The molecule has 0 spiro atoms. The number of carbonyl (C=O) groups excluding carboxylic acids is 1. The first kappa shape index (κ1) is 19.4. The average Bonchev–Trinajstić information content (AvgIpc) is 2.90. The van der Waals surface area contributed by atoms with Crippen LogP contribution in [0.15, 0.2) is 9.42 Å². The number of nitrogens with zero attached hydrogens (tertiary/aromatic N) is 3. The molecule has 0 aliphatic carbocycles.